The molecule has 5 nitrogen and oxygen atoms in total. The van der Waals surface area contributed by atoms with Crippen LogP contribution in [0.1, 0.15) is 39.5 Å². The fraction of sp³-hybridized carbons (Fsp3) is 0.345. The van der Waals surface area contributed by atoms with Crippen LogP contribution >= 0.6 is 11.5 Å². The fourth-order valence-corrected chi connectivity index (χ4v) is 5.12. The number of rotatable bonds is 10. The van der Waals surface area contributed by atoms with E-state index in [0.29, 0.717) is 36.4 Å². The Morgan fingerprint density at radius 3 is 1.81 bits per heavy atom. The topological polar surface area (TPSA) is 69.7 Å². The van der Waals surface area contributed by atoms with Gasteiger partial charge in [0, 0.05) is 33.8 Å². The Morgan fingerprint density at radius 1 is 0.861 bits per heavy atom. The Labute approximate surface area is 223 Å². The van der Waals surface area contributed by atoms with Crippen molar-refractivity contribution in [2.75, 3.05) is 18.9 Å². The summed E-state index contributed by atoms with van der Waals surface area (Å²) in [6.07, 6.45) is 0.856. The third kappa shape index (κ3) is 5.37. The van der Waals surface area contributed by atoms with Gasteiger partial charge in [0.15, 0.2) is 0 Å². The third-order valence-electron chi connectivity index (χ3n) is 5.88. The molecule has 1 aromatic heterocycles. The molecule has 188 valence electrons. The zero-order chi connectivity index (χ0) is 25.8. The summed E-state index contributed by atoms with van der Waals surface area (Å²) in [4.78, 5) is 1.18. The van der Waals surface area contributed by atoms with Gasteiger partial charge in [0.25, 0.3) is 0 Å². The molecular weight excluding hydrogens is 486 g/mol. The Hall–Kier alpha value is -3.03. The SMILES string of the molecule is CCc1snc2c(-c3ccc(OCC(C)C)cc3)c(N=S)c(N)c(-c3ccc(OCC(C)C)cc3)c12. The van der Waals surface area contributed by atoms with Crippen molar-refractivity contribution >= 4 is 46.2 Å². The van der Waals surface area contributed by atoms with E-state index in [9.17, 15) is 0 Å². The van der Waals surface area contributed by atoms with Crippen LogP contribution in [0.25, 0.3) is 33.2 Å². The zero-order valence-corrected chi connectivity index (χ0v) is 23.1. The number of hydrogen-bond acceptors (Lipinski definition) is 7. The van der Waals surface area contributed by atoms with Crippen molar-refractivity contribution in [2.24, 2.45) is 16.2 Å². The van der Waals surface area contributed by atoms with E-state index < -0.39 is 0 Å². The molecule has 0 aliphatic heterocycles. The zero-order valence-electron chi connectivity index (χ0n) is 21.5. The van der Waals surface area contributed by atoms with E-state index in [1.807, 2.05) is 48.5 Å². The molecule has 0 saturated heterocycles. The first-order valence-corrected chi connectivity index (χ1v) is 13.5. The second-order valence-corrected chi connectivity index (χ2v) is 10.8. The number of aromatic nitrogens is 1. The van der Waals surface area contributed by atoms with Crippen LogP contribution in [-0.4, -0.2) is 17.6 Å². The van der Waals surface area contributed by atoms with Crippen molar-refractivity contribution in [3.05, 3.63) is 53.4 Å². The first-order valence-electron chi connectivity index (χ1n) is 12.4. The van der Waals surface area contributed by atoms with Crippen LogP contribution in [0.15, 0.2) is 52.9 Å². The standard InChI is InChI=1S/C29H33N3O2S2/c1-6-23-26-24(19-7-11-21(12-8-19)33-15-17(2)3)27(30)29(31-35)25(28(26)32-36-23)20-9-13-22(14-10-20)34-16-18(4)5/h7-14,17-18H,6,15-16,30H2,1-5H3. The van der Waals surface area contributed by atoms with Gasteiger partial charge in [0.1, 0.15) is 17.2 Å². The lowest BCUT2D eigenvalue weighted by Crippen LogP contribution is -2.04. The van der Waals surface area contributed by atoms with Gasteiger partial charge in [-0.2, -0.15) is 8.74 Å². The molecule has 3 aromatic carbocycles. The monoisotopic (exact) mass is 519 g/mol. The van der Waals surface area contributed by atoms with E-state index in [1.54, 1.807) is 0 Å². The highest BCUT2D eigenvalue weighted by molar-refractivity contribution is 7.47. The van der Waals surface area contributed by atoms with E-state index in [2.05, 4.69) is 39.0 Å². The number of anilines is 1. The van der Waals surface area contributed by atoms with E-state index in [1.165, 1.54) is 16.4 Å². The summed E-state index contributed by atoms with van der Waals surface area (Å²) in [6, 6.07) is 16.1. The number of fused-ring (bicyclic) bond motifs is 1. The van der Waals surface area contributed by atoms with Gasteiger partial charge in [0.05, 0.1) is 24.4 Å². The summed E-state index contributed by atoms with van der Waals surface area (Å²) in [5.74, 6) is 2.59. The van der Waals surface area contributed by atoms with Gasteiger partial charge in [-0.1, -0.05) is 58.9 Å². The Kier molecular flexibility index (Phi) is 8.21. The average molecular weight is 520 g/mol. The normalized spacial score (nSPS) is 11.4. The van der Waals surface area contributed by atoms with Gasteiger partial charge in [-0.3, -0.25) is 0 Å². The number of hydrogen-bond donors (Lipinski definition) is 1. The van der Waals surface area contributed by atoms with E-state index in [4.69, 9.17) is 32.0 Å². The minimum atomic E-state index is 0.459. The van der Waals surface area contributed by atoms with Gasteiger partial charge in [-0.15, -0.1) is 0 Å². The number of nitrogen functional groups attached to an aromatic ring is 1. The average Bonchev–Trinajstić information content (AvgIpc) is 3.29. The van der Waals surface area contributed by atoms with Crippen LogP contribution in [0.4, 0.5) is 11.4 Å². The molecule has 0 unspecified atom stereocenters. The summed E-state index contributed by atoms with van der Waals surface area (Å²) in [5.41, 5.74) is 12.6. The van der Waals surface area contributed by atoms with E-state index >= 15 is 0 Å². The van der Waals surface area contributed by atoms with Gasteiger partial charge in [-0.25, -0.2) is 0 Å². The molecule has 0 aliphatic carbocycles. The van der Waals surface area contributed by atoms with Gasteiger partial charge in [-0.05, 0) is 65.2 Å². The molecule has 0 amide bonds. The summed E-state index contributed by atoms with van der Waals surface area (Å²) >= 11 is 6.76. The summed E-state index contributed by atoms with van der Waals surface area (Å²) in [6.45, 7) is 12.0. The van der Waals surface area contributed by atoms with Crippen LogP contribution < -0.4 is 15.2 Å². The maximum atomic E-state index is 6.82. The summed E-state index contributed by atoms with van der Waals surface area (Å²) < 4.78 is 20.9. The molecule has 2 N–H and O–H groups in total. The predicted molar refractivity (Wildman–Crippen MR) is 154 cm³/mol. The Bertz CT molecular complexity index is 1340. The maximum Gasteiger partial charge on any atom is 0.119 e. The first kappa shape index (κ1) is 26.0. The highest BCUT2D eigenvalue weighted by Crippen LogP contribution is 2.49. The predicted octanol–water partition coefficient (Wildman–Crippen LogP) is 8.21. The van der Waals surface area contributed by atoms with Crippen molar-refractivity contribution in [2.45, 2.75) is 41.0 Å². The lowest BCUT2D eigenvalue weighted by atomic mass is 9.91. The third-order valence-corrected chi connectivity index (χ3v) is 7.05. The van der Waals surface area contributed by atoms with Crippen molar-refractivity contribution in [3.8, 4) is 33.8 Å². The number of aryl methyl sites for hydroxylation is 1. The molecule has 0 aliphatic rings. The lowest BCUT2D eigenvalue weighted by Gasteiger charge is -2.17. The highest BCUT2D eigenvalue weighted by atomic mass is 32.1. The molecule has 1 heterocycles. The number of nitrogens with zero attached hydrogens (tertiary/aromatic N) is 2. The van der Waals surface area contributed by atoms with Crippen LogP contribution in [0.2, 0.25) is 0 Å². The minimum Gasteiger partial charge on any atom is -0.493 e. The maximum absolute atomic E-state index is 6.82. The van der Waals surface area contributed by atoms with Crippen LogP contribution in [0.5, 0.6) is 11.5 Å². The van der Waals surface area contributed by atoms with Crippen molar-refractivity contribution in [3.63, 3.8) is 0 Å². The molecule has 0 bridgehead atoms. The number of nitrogens with two attached hydrogens (primary N) is 1. The molecule has 0 saturated carbocycles. The number of ether oxygens (including phenoxy) is 2. The lowest BCUT2D eigenvalue weighted by molar-refractivity contribution is 0.271. The summed E-state index contributed by atoms with van der Waals surface area (Å²) in [7, 11) is 0. The second-order valence-electron chi connectivity index (χ2n) is 9.74. The van der Waals surface area contributed by atoms with Crippen LogP contribution in [-0.2, 0) is 18.8 Å². The van der Waals surface area contributed by atoms with E-state index in [-0.39, 0.29) is 0 Å². The van der Waals surface area contributed by atoms with Crippen molar-refractivity contribution < 1.29 is 9.47 Å². The molecule has 0 fully saturated rings. The molecule has 4 aromatic rings. The van der Waals surface area contributed by atoms with Crippen LogP contribution in [0, 0.1) is 11.8 Å². The molecule has 0 atom stereocenters. The van der Waals surface area contributed by atoms with Gasteiger partial charge in [0.2, 0.25) is 0 Å². The smallest absolute Gasteiger partial charge is 0.119 e. The van der Waals surface area contributed by atoms with Crippen LogP contribution in [0.3, 0.4) is 0 Å². The second kappa shape index (κ2) is 11.4. The van der Waals surface area contributed by atoms with E-state index in [0.717, 1.165) is 51.1 Å². The Balaban J connectivity index is 1.85. The van der Waals surface area contributed by atoms with Gasteiger partial charge >= 0.3 is 0 Å². The van der Waals surface area contributed by atoms with Crippen molar-refractivity contribution in [1.29, 1.82) is 0 Å². The first-order chi connectivity index (χ1) is 17.3. The largest absolute Gasteiger partial charge is 0.493 e. The van der Waals surface area contributed by atoms with Crippen molar-refractivity contribution in [1.82, 2.24) is 4.37 Å². The summed E-state index contributed by atoms with van der Waals surface area (Å²) in [5, 5.41) is 1.06. The molecule has 0 radical (unpaired) electrons. The highest BCUT2D eigenvalue weighted by Gasteiger charge is 2.24. The quantitative estimate of drug-likeness (QED) is 0.214. The minimum absolute atomic E-state index is 0.459. The number of benzene rings is 3. The molecule has 36 heavy (non-hydrogen) atoms. The molecule has 7 heteroatoms. The molecular formula is C29H33N3O2S2. The Morgan fingerprint density at radius 2 is 1.36 bits per heavy atom. The fourth-order valence-electron chi connectivity index (χ4n) is 4.12. The van der Waals surface area contributed by atoms with Gasteiger partial charge < -0.3 is 15.2 Å². The molecule has 4 rings (SSSR count). The molecule has 0 spiro atoms.